The molecular weight excluding hydrogens is 304 g/mol. The van der Waals surface area contributed by atoms with E-state index in [4.69, 9.17) is 4.74 Å². The SMILES string of the molecule is CC(C)OC1CN(C(=O)N2N=CC[C@H]2c2cc(F)cc(F)c2)C1. The van der Waals surface area contributed by atoms with Crippen molar-refractivity contribution in [3.63, 3.8) is 0 Å². The van der Waals surface area contributed by atoms with E-state index in [1.54, 1.807) is 11.1 Å². The summed E-state index contributed by atoms with van der Waals surface area (Å²) in [6.45, 7) is 4.91. The quantitative estimate of drug-likeness (QED) is 0.858. The highest BCUT2D eigenvalue weighted by atomic mass is 19.1. The first-order chi connectivity index (χ1) is 10.9. The van der Waals surface area contributed by atoms with Crippen molar-refractivity contribution in [1.82, 2.24) is 9.91 Å². The van der Waals surface area contributed by atoms with Gasteiger partial charge in [-0.05, 0) is 31.5 Å². The van der Waals surface area contributed by atoms with E-state index in [1.165, 1.54) is 17.1 Å². The van der Waals surface area contributed by atoms with Crippen LogP contribution in [-0.4, -0.2) is 47.5 Å². The van der Waals surface area contributed by atoms with Gasteiger partial charge in [-0.25, -0.2) is 18.6 Å². The van der Waals surface area contributed by atoms with Crippen LogP contribution in [0.3, 0.4) is 0 Å². The number of nitrogens with zero attached hydrogens (tertiary/aromatic N) is 3. The summed E-state index contributed by atoms with van der Waals surface area (Å²) in [5.41, 5.74) is 0.406. The Bertz CT molecular complexity index is 610. The maximum atomic E-state index is 13.4. The molecule has 0 radical (unpaired) electrons. The second-order valence-electron chi connectivity index (χ2n) is 6.09. The first-order valence-corrected chi connectivity index (χ1v) is 7.66. The molecule has 0 unspecified atom stereocenters. The van der Waals surface area contributed by atoms with E-state index in [0.717, 1.165) is 6.07 Å². The number of hydrogen-bond donors (Lipinski definition) is 0. The molecule has 124 valence electrons. The highest BCUT2D eigenvalue weighted by molar-refractivity contribution is 5.79. The van der Waals surface area contributed by atoms with Crippen molar-refractivity contribution in [2.75, 3.05) is 13.1 Å². The number of carbonyl (C=O) groups is 1. The number of benzene rings is 1. The Morgan fingerprint density at radius 3 is 2.52 bits per heavy atom. The van der Waals surface area contributed by atoms with Crippen LogP contribution in [0.25, 0.3) is 0 Å². The zero-order chi connectivity index (χ0) is 16.6. The van der Waals surface area contributed by atoms with Gasteiger partial charge in [0.1, 0.15) is 11.6 Å². The summed E-state index contributed by atoms with van der Waals surface area (Å²) in [7, 11) is 0. The number of hydrazone groups is 1. The predicted molar refractivity (Wildman–Crippen MR) is 81.0 cm³/mol. The lowest BCUT2D eigenvalue weighted by molar-refractivity contribution is -0.0691. The predicted octanol–water partition coefficient (Wildman–Crippen LogP) is 2.93. The monoisotopic (exact) mass is 323 g/mol. The second-order valence-corrected chi connectivity index (χ2v) is 6.09. The van der Waals surface area contributed by atoms with E-state index in [2.05, 4.69) is 5.10 Å². The van der Waals surface area contributed by atoms with Gasteiger partial charge < -0.3 is 9.64 Å². The summed E-state index contributed by atoms with van der Waals surface area (Å²) in [5, 5.41) is 5.36. The second kappa shape index (κ2) is 6.23. The lowest BCUT2D eigenvalue weighted by Crippen LogP contribution is -2.58. The molecule has 2 amide bonds. The number of likely N-dealkylation sites (tertiary alicyclic amines) is 1. The summed E-state index contributed by atoms with van der Waals surface area (Å²) in [6, 6.07) is 2.55. The smallest absolute Gasteiger partial charge is 0.341 e. The van der Waals surface area contributed by atoms with Crippen molar-refractivity contribution in [2.24, 2.45) is 5.10 Å². The molecule has 1 aromatic carbocycles. The molecule has 1 atom stereocenters. The fourth-order valence-corrected chi connectivity index (χ4v) is 2.85. The fourth-order valence-electron chi connectivity index (χ4n) is 2.85. The molecule has 0 saturated carbocycles. The molecule has 1 aromatic rings. The normalized spacial score (nSPS) is 21.2. The van der Waals surface area contributed by atoms with Crippen LogP contribution >= 0.6 is 0 Å². The summed E-state index contributed by atoms with van der Waals surface area (Å²) in [4.78, 5) is 14.1. The third-order valence-electron chi connectivity index (χ3n) is 3.88. The first kappa shape index (κ1) is 15.9. The molecule has 1 saturated heterocycles. The van der Waals surface area contributed by atoms with E-state index in [0.29, 0.717) is 25.1 Å². The molecule has 0 aromatic heterocycles. The Labute approximate surface area is 133 Å². The zero-order valence-corrected chi connectivity index (χ0v) is 13.1. The lowest BCUT2D eigenvalue weighted by Gasteiger charge is -2.41. The van der Waals surface area contributed by atoms with Crippen molar-refractivity contribution in [2.45, 2.75) is 38.5 Å². The van der Waals surface area contributed by atoms with Gasteiger partial charge in [-0.2, -0.15) is 5.10 Å². The van der Waals surface area contributed by atoms with Gasteiger partial charge >= 0.3 is 6.03 Å². The molecule has 0 spiro atoms. The minimum atomic E-state index is -0.659. The Morgan fingerprint density at radius 2 is 1.91 bits per heavy atom. The third kappa shape index (κ3) is 3.34. The van der Waals surface area contributed by atoms with Gasteiger partial charge in [-0.15, -0.1) is 0 Å². The Hall–Kier alpha value is -2.02. The minimum Gasteiger partial charge on any atom is -0.372 e. The van der Waals surface area contributed by atoms with Gasteiger partial charge in [-0.1, -0.05) is 0 Å². The zero-order valence-electron chi connectivity index (χ0n) is 13.1. The first-order valence-electron chi connectivity index (χ1n) is 7.66. The molecule has 7 heteroatoms. The van der Waals surface area contributed by atoms with Gasteiger partial charge in [0.25, 0.3) is 0 Å². The van der Waals surface area contributed by atoms with Gasteiger partial charge in [0.15, 0.2) is 0 Å². The van der Waals surface area contributed by atoms with Crippen LogP contribution in [0, 0.1) is 11.6 Å². The number of urea groups is 1. The van der Waals surface area contributed by atoms with Crippen LogP contribution in [0.4, 0.5) is 13.6 Å². The minimum absolute atomic E-state index is 0.0376. The maximum Gasteiger partial charge on any atom is 0.341 e. The van der Waals surface area contributed by atoms with Crippen LogP contribution in [-0.2, 0) is 4.74 Å². The van der Waals surface area contributed by atoms with Crippen molar-refractivity contribution in [3.8, 4) is 0 Å². The van der Waals surface area contributed by atoms with Gasteiger partial charge in [0.05, 0.1) is 31.3 Å². The van der Waals surface area contributed by atoms with Crippen LogP contribution < -0.4 is 0 Å². The number of carbonyl (C=O) groups excluding carboxylic acids is 1. The lowest BCUT2D eigenvalue weighted by atomic mass is 10.0. The molecule has 2 aliphatic rings. The van der Waals surface area contributed by atoms with E-state index >= 15 is 0 Å². The van der Waals surface area contributed by atoms with Gasteiger partial charge in [0.2, 0.25) is 0 Å². The molecular formula is C16H19F2N3O2. The van der Waals surface area contributed by atoms with E-state index < -0.39 is 17.7 Å². The van der Waals surface area contributed by atoms with Crippen LogP contribution in [0.5, 0.6) is 0 Å². The average Bonchev–Trinajstić information content (AvgIpc) is 2.89. The standard InChI is InChI=1S/C16H19F2N3O2/c1-10(2)23-14-8-20(9-14)16(22)21-15(3-4-19-21)11-5-12(17)7-13(18)6-11/h4-7,10,14-15H,3,8-9H2,1-2H3/t15-/m0/s1. The average molecular weight is 323 g/mol. The summed E-state index contributed by atoms with van der Waals surface area (Å²) in [5.74, 6) is -1.32. The Morgan fingerprint density at radius 1 is 1.26 bits per heavy atom. The summed E-state index contributed by atoms with van der Waals surface area (Å²) < 4.78 is 32.4. The number of hydrogen-bond acceptors (Lipinski definition) is 3. The van der Waals surface area contributed by atoms with E-state index in [9.17, 15) is 13.6 Å². The summed E-state index contributed by atoms with van der Waals surface area (Å²) >= 11 is 0. The Balaban J connectivity index is 1.67. The number of halogens is 2. The molecule has 23 heavy (non-hydrogen) atoms. The largest absolute Gasteiger partial charge is 0.372 e. The molecule has 2 heterocycles. The molecule has 5 nitrogen and oxygen atoms in total. The molecule has 2 aliphatic heterocycles. The third-order valence-corrected chi connectivity index (χ3v) is 3.88. The number of amides is 2. The fraction of sp³-hybridized carbons (Fsp3) is 0.500. The number of rotatable bonds is 3. The topological polar surface area (TPSA) is 45.1 Å². The van der Waals surface area contributed by atoms with Crippen LogP contribution in [0.15, 0.2) is 23.3 Å². The molecule has 1 fully saturated rings. The highest BCUT2D eigenvalue weighted by Crippen LogP contribution is 2.31. The van der Waals surface area contributed by atoms with Crippen molar-refractivity contribution < 1.29 is 18.3 Å². The molecule has 0 N–H and O–H groups in total. The van der Waals surface area contributed by atoms with Crippen molar-refractivity contribution >= 4 is 12.2 Å². The molecule has 0 aliphatic carbocycles. The van der Waals surface area contributed by atoms with Crippen LogP contribution in [0.2, 0.25) is 0 Å². The maximum absolute atomic E-state index is 13.4. The van der Waals surface area contributed by atoms with E-state index in [1.807, 2.05) is 13.8 Å². The van der Waals surface area contributed by atoms with Crippen molar-refractivity contribution in [1.29, 1.82) is 0 Å². The molecule has 0 bridgehead atoms. The van der Waals surface area contributed by atoms with Crippen LogP contribution in [0.1, 0.15) is 31.9 Å². The van der Waals surface area contributed by atoms with Gasteiger partial charge in [-0.3, -0.25) is 0 Å². The van der Waals surface area contributed by atoms with Crippen molar-refractivity contribution in [3.05, 3.63) is 35.4 Å². The number of ether oxygens (including phenoxy) is 1. The Kier molecular flexibility index (Phi) is 4.30. The highest BCUT2D eigenvalue weighted by Gasteiger charge is 2.38. The summed E-state index contributed by atoms with van der Waals surface area (Å²) in [6.07, 6.45) is 2.18. The van der Waals surface area contributed by atoms with Gasteiger partial charge in [0, 0.05) is 18.7 Å². The van der Waals surface area contributed by atoms with E-state index in [-0.39, 0.29) is 18.2 Å². The molecule has 3 rings (SSSR count).